The molecule has 9 nitrogen and oxygen atoms in total. The number of aromatic amines is 1. The number of hydrogen-bond acceptors (Lipinski definition) is 5. The normalized spacial score (nSPS) is 12.0. The minimum absolute atomic E-state index is 0.138. The van der Waals surface area contributed by atoms with Gasteiger partial charge in [-0.15, -0.1) is 0 Å². The zero-order valence-electron chi connectivity index (χ0n) is 23.1. The van der Waals surface area contributed by atoms with E-state index in [-0.39, 0.29) is 24.0 Å². The Hall–Kier alpha value is -4.14. The third-order valence-corrected chi connectivity index (χ3v) is 7.10. The maximum atomic E-state index is 13.3. The van der Waals surface area contributed by atoms with Gasteiger partial charge in [-0.1, -0.05) is 18.9 Å². The Morgan fingerprint density at radius 1 is 1.10 bits per heavy atom. The number of unbranched alkanes of at least 4 members (excludes halogenated alkanes) is 2. The molecule has 1 aromatic carbocycles. The van der Waals surface area contributed by atoms with Crippen molar-refractivity contribution < 1.29 is 19.1 Å². The van der Waals surface area contributed by atoms with Crippen LogP contribution in [0.1, 0.15) is 61.7 Å². The molecule has 39 heavy (non-hydrogen) atoms. The second-order valence-electron chi connectivity index (χ2n) is 10.0. The third kappa shape index (κ3) is 6.85. The number of carbonyl (C=O) groups excluding carboxylic acids is 3. The molecule has 0 fully saturated rings. The first kappa shape index (κ1) is 27.9. The first-order chi connectivity index (χ1) is 18.8. The topological polar surface area (TPSA) is 118 Å². The van der Waals surface area contributed by atoms with Gasteiger partial charge in [-0.3, -0.25) is 9.59 Å². The van der Waals surface area contributed by atoms with Gasteiger partial charge in [0.1, 0.15) is 23.2 Å². The molecule has 0 saturated heterocycles. The maximum absolute atomic E-state index is 13.3. The zero-order chi connectivity index (χ0) is 27.9. The van der Waals surface area contributed by atoms with Gasteiger partial charge in [0.2, 0.25) is 11.8 Å². The van der Waals surface area contributed by atoms with E-state index in [0.29, 0.717) is 25.1 Å². The molecule has 3 aromatic heterocycles. The van der Waals surface area contributed by atoms with Crippen LogP contribution in [0.25, 0.3) is 16.6 Å². The minimum Gasteiger partial charge on any atom is -0.497 e. The summed E-state index contributed by atoms with van der Waals surface area (Å²) >= 11 is 0. The molecule has 9 heteroatoms. The van der Waals surface area contributed by atoms with Gasteiger partial charge in [0.25, 0.3) is 0 Å². The molecule has 0 bridgehead atoms. The maximum Gasteiger partial charge on any atom is 0.242 e. The molecule has 0 aliphatic rings. The van der Waals surface area contributed by atoms with E-state index in [2.05, 4.69) is 20.6 Å². The molecule has 3 N–H and O–H groups in total. The van der Waals surface area contributed by atoms with Crippen molar-refractivity contribution in [3.8, 4) is 5.75 Å². The van der Waals surface area contributed by atoms with Crippen molar-refractivity contribution in [2.75, 3.05) is 7.11 Å². The lowest BCUT2D eigenvalue weighted by Gasteiger charge is -2.19. The van der Waals surface area contributed by atoms with Gasteiger partial charge in [-0.05, 0) is 69.5 Å². The van der Waals surface area contributed by atoms with Crippen LogP contribution >= 0.6 is 0 Å². The van der Waals surface area contributed by atoms with Crippen LogP contribution in [0.5, 0.6) is 5.75 Å². The van der Waals surface area contributed by atoms with E-state index in [1.165, 1.54) is 0 Å². The van der Waals surface area contributed by atoms with Gasteiger partial charge < -0.3 is 29.5 Å². The standard InChI is InChI=1S/C30H37N5O4/c1-19(36)10-6-5-7-11-26(30(38)31-18-27-21(3)33-28-12-8-9-15-35(27)28)34-29(37)17-23-20(2)32-25-14-13-22(39-4)16-24(23)25/h8-9,12-16,26,32H,5-7,10-11,17-18H2,1-4H3,(H,31,38)(H,34,37)/t26-/m0/s1. The number of amides is 2. The molecular formula is C30H37N5O4. The largest absolute Gasteiger partial charge is 0.497 e. The molecule has 3 heterocycles. The van der Waals surface area contributed by atoms with Crippen LogP contribution in [-0.4, -0.2) is 45.1 Å². The van der Waals surface area contributed by atoms with Gasteiger partial charge in [-0.2, -0.15) is 0 Å². The van der Waals surface area contributed by atoms with E-state index in [1.54, 1.807) is 14.0 Å². The Kier molecular flexibility index (Phi) is 9.01. The number of H-pyrrole nitrogens is 1. The van der Waals surface area contributed by atoms with Gasteiger partial charge in [0, 0.05) is 29.2 Å². The van der Waals surface area contributed by atoms with Crippen molar-refractivity contribution in [2.45, 2.75) is 71.9 Å². The van der Waals surface area contributed by atoms with Crippen LogP contribution in [0.3, 0.4) is 0 Å². The van der Waals surface area contributed by atoms with Crippen molar-refractivity contribution in [3.63, 3.8) is 0 Å². The highest BCUT2D eigenvalue weighted by atomic mass is 16.5. The minimum atomic E-state index is -0.686. The molecule has 1 atom stereocenters. The Balaban J connectivity index is 1.45. The highest BCUT2D eigenvalue weighted by Crippen LogP contribution is 2.27. The number of rotatable bonds is 13. The van der Waals surface area contributed by atoms with Crippen LogP contribution in [-0.2, 0) is 27.3 Å². The van der Waals surface area contributed by atoms with E-state index in [0.717, 1.165) is 58.5 Å². The lowest BCUT2D eigenvalue weighted by Crippen LogP contribution is -2.47. The third-order valence-electron chi connectivity index (χ3n) is 7.10. The summed E-state index contributed by atoms with van der Waals surface area (Å²) in [5.74, 6) is 0.412. The molecule has 0 radical (unpaired) electrons. The van der Waals surface area contributed by atoms with Crippen LogP contribution in [0.2, 0.25) is 0 Å². The number of aromatic nitrogens is 3. The monoisotopic (exact) mass is 531 g/mol. The summed E-state index contributed by atoms with van der Waals surface area (Å²) in [6, 6.07) is 10.8. The number of ketones is 1. The summed E-state index contributed by atoms with van der Waals surface area (Å²) in [6.45, 7) is 5.74. The fourth-order valence-corrected chi connectivity index (χ4v) is 4.96. The molecule has 0 aliphatic heterocycles. The Labute approximate surface area is 228 Å². The zero-order valence-corrected chi connectivity index (χ0v) is 23.1. The first-order valence-corrected chi connectivity index (χ1v) is 13.4. The lowest BCUT2D eigenvalue weighted by molar-refractivity contribution is -0.129. The number of ether oxygens (including phenoxy) is 1. The Bertz CT molecular complexity index is 1490. The summed E-state index contributed by atoms with van der Waals surface area (Å²) in [5.41, 5.74) is 5.27. The number of nitrogens with zero attached hydrogens (tertiary/aromatic N) is 2. The second kappa shape index (κ2) is 12.6. The molecule has 4 aromatic rings. The Morgan fingerprint density at radius 3 is 2.69 bits per heavy atom. The Morgan fingerprint density at radius 2 is 1.92 bits per heavy atom. The number of hydrogen-bond donors (Lipinski definition) is 3. The van der Waals surface area contributed by atoms with E-state index in [1.807, 2.05) is 60.8 Å². The summed E-state index contributed by atoms with van der Waals surface area (Å²) in [7, 11) is 1.61. The molecule has 0 saturated carbocycles. The highest BCUT2D eigenvalue weighted by molar-refractivity contribution is 5.93. The SMILES string of the molecule is COc1ccc2[nH]c(C)c(CC(=O)N[C@@H](CCCCCC(C)=O)C(=O)NCc3c(C)nc4ccccn34)c2c1. The predicted molar refractivity (Wildman–Crippen MR) is 151 cm³/mol. The number of Topliss-reactive ketones (excluding diaryl/α,β-unsaturated/α-hetero) is 1. The van der Waals surface area contributed by atoms with Crippen LogP contribution in [0.4, 0.5) is 0 Å². The molecule has 2 amide bonds. The van der Waals surface area contributed by atoms with E-state index in [4.69, 9.17) is 4.74 Å². The highest BCUT2D eigenvalue weighted by Gasteiger charge is 2.23. The molecule has 0 spiro atoms. The molecular weight excluding hydrogens is 494 g/mol. The number of fused-ring (bicyclic) bond motifs is 2. The summed E-state index contributed by atoms with van der Waals surface area (Å²) in [5, 5.41) is 6.90. The van der Waals surface area contributed by atoms with Gasteiger partial charge >= 0.3 is 0 Å². The number of nitrogens with one attached hydrogen (secondary N) is 3. The number of aryl methyl sites for hydroxylation is 2. The van der Waals surface area contributed by atoms with Crippen LogP contribution < -0.4 is 15.4 Å². The van der Waals surface area contributed by atoms with Crippen molar-refractivity contribution in [1.29, 1.82) is 0 Å². The lowest BCUT2D eigenvalue weighted by atomic mass is 10.0. The van der Waals surface area contributed by atoms with Crippen molar-refractivity contribution in [1.82, 2.24) is 25.0 Å². The quantitative estimate of drug-likeness (QED) is 0.222. The van der Waals surface area contributed by atoms with Gasteiger partial charge in [-0.25, -0.2) is 4.98 Å². The van der Waals surface area contributed by atoms with E-state index >= 15 is 0 Å². The number of carbonyl (C=O) groups is 3. The van der Waals surface area contributed by atoms with Crippen LogP contribution in [0, 0.1) is 13.8 Å². The van der Waals surface area contributed by atoms with Crippen molar-refractivity contribution in [2.24, 2.45) is 0 Å². The van der Waals surface area contributed by atoms with E-state index in [9.17, 15) is 14.4 Å². The average molecular weight is 532 g/mol. The molecule has 0 aliphatic carbocycles. The number of imidazole rings is 1. The first-order valence-electron chi connectivity index (χ1n) is 13.4. The number of pyridine rings is 1. The van der Waals surface area contributed by atoms with E-state index < -0.39 is 6.04 Å². The molecule has 0 unspecified atom stereocenters. The van der Waals surface area contributed by atoms with Gasteiger partial charge in [0.15, 0.2) is 0 Å². The van der Waals surface area contributed by atoms with Crippen molar-refractivity contribution in [3.05, 3.63) is 65.2 Å². The summed E-state index contributed by atoms with van der Waals surface area (Å²) in [6.07, 6.45) is 5.39. The predicted octanol–water partition coefficient (Wildman–Crippen LogP) is 4.32. The number of methoxy groups -OCH3 is 1. The summed E-state index contributed by atoms with van der Waals surface area (Å²) in [4.78, 5) is 45.7. The number of benzene rings is 1. The molecule has 4 rings (SSSR count). The molecule has 206 valence electrons. The average Bonchev–Trinajstić information content (AvgIpc) is 3.40. The van der Waals surface area contributed by atoms with Crippen LogP contribution in [0.15, 0.2) is 42.6 Å². The fourth-order valence-electron chi connectivity index (χ4n) is 4.96. The van der Waals surface area contributed by atoms with Gasteiger partial charge in [0.05, 0.1) is 31.5 Å². The fraction of sp³-hybridized carbons (Fsp3) is 0.400. The summed E-state index contributed by atoms with van der Waals surface area (Å²) < 4.78 is 7.32. The van der Waals surface area contributed by atoms with Crippen molar-refractivity contribution >= 4 is 34.1 Å². The second-order valence-corrected chi connectivity index (χ2v) is 10.0. The smallest absolute Gasteiger partial charge is 0.242 e.